The number of anilines is 1. The van der Waals surface area contributed by atoms with Crippen molar-refractivity contribution in [2.24, 2.45) is 0 Å². The largest absolute Gasteiger partial charge is 0.489 e. The summed E-state index contributed by atoms with van der Waals surface area (Å²) in [6.45, 7) is 1.18. The van der Waals surface area contributed by atoms with Gasteiger partial charge in [0.05, 0.1) is 23.3 Å². The van der Waals surface area contributed by atoms with Crippen LogP contribution in [-0.2, 0) is 16.1 Å². The molecule has 0 spiro atoms. The Hall–Kier alpha value is -4.85. The maximum absolute atomic E-state index is 14.1. The van der Waals surface area contributed by atoms with E-state index >= 15 is 0 Å². The summed E-state index contributed by atoms with van der Waals surface area (Å²) in [7, 11) is 0. The molecule has 2 heterocycles. The SMILES string of the molecule is O=C(O)C=Cc1ccc(NC(=O)C2(NC(=O)c3ccc4c(C5CCCCC5)c(-c5ccccc5)n5c4c3OCC5)CCCC2)cc1. The van der Waals surface area contributed by atoms with Crippen molar-refractivity contribution < 1.29 is 24.2 Å². The molecular weight excluding hydrogens is 578 g/mol. The Kier molecular flexibility index (Phi) is 8.11. The number of aliphatic carboxylic acids is 1. The van der Waals surface area contributed by atoms with E-state index in [1.807, 2.05) is 12.1 Å². The highest BCUT2D eigenvalue weighted by molar-refractivity contribution is 6.09. The maximum Gasteiger partial charge on any atom is 0.328 e. The van der Waals surface area contributed by atoms with Gasteiger partial charge in [-0.05, 0) is 72.6 Å². The molecule has 4 aromatic rings. The van der Waals surface area contributed by atoms with Gasteiger partial charge >= 0.3 is 5.97 Å². The van der Waals surface area contributed by atoms with Crippen molar-refractivity contribution in [2.75, 3.05) is 11.9 Å². The van der Waals surface area contributed by atoms with Crippen molar-refractivity contribution >= 4 is 40.4 Å². The molecule has 8 nitrogen and oxygen atoms in total. The highest BCUT2D eigenvalue weighted by Crippen LogP contribution is 2.48. The summed E-state index contributed by atoms with van der Waals surface area (Å²) in [5.41, 5.74) is 5.47. The fraction of sp³-hybridized carbons (Fsp3) is 0.342. The number of benzene rings is 3. The van der Waals surface area contributed by atoms with Crippen LogP contribution in [0.3, 0.4) is 0 Å². The second-order valence-corrected chi connectivity index (χ2v) is 12.8. The molecule has 1 aliphatic heterocycles. The van der Waals surface area contributed by atoms with Gasteiger partial charge in [0.15, 0.2) is 5.75 Å². The van der Waals surface area contributed by atoms with E-state index in [9.17, 15) is 14.4 Å². The van der Waals surface area contributed by atoms with Crippen LogP contribution in [0, 0.1) is 0 Å². The van der Waals surface area contributed by atoms with E-state index in [0.29, 0.717) is 54.5 Å². The molecule has 0 radical (unpaired) electrons. The lowest BCUT2D eigenvalue weighted by molar-refractivity contribution is -0.131. The molecule has 2 amide bonds. The Morgan fingerprint density at radius 2 is 1.63 bits per heavy atom. The molecular formula is C38H39N3O5. The van der Waals surface area contributed by atoms with Gasteiger partial charge in [0.1, 0.15) is 12.1 Å². The third kappa shape index (κ3) is 5.57. The number of nitrogens with zero attached hydrogens (tertiary/aromatic N) is 1. The first kappa shape index (κ1) is 29.8. The summed E-state index contributed by atoms with van der Waals surface area (Å²) in [6.07, 6.45) is 11.4. The Morgan fingerprint density at radius 3 is 2.35 bits per heavy atom. The van der Waals surface area contributed by atoms with E-state index in [4.69, 9.17) is 9.84 Å². The molecule has 3 aromatic carbocycles. The number of carbonyl (C=O) groups is 3. The molecule has 8 heteroatoms. The minimum Gasteiger partial charge on any atom is -0.489 e. The quantitative estimate of drug-likeness (QED) is 0.177. The van der Waals surface area contributed by atoms with E-state index in [1.54, 1.807) is 24.3 Å². The van der Waals surface area contributed by atoms with Crippen molar-refractivity contribution in [1.29, 1.82) is 0 Å². The summed E-state index contributed by atoms with van der Waals surface area (Å²) >= 11 is 0. The third-order valence-corrected chi connectivity index (χ3v) is 9.91. The Morgan fingerprint density at radius 1 is 0.891 bits per heavy atom. The average molecular weight is 618 g/mol. The molecule has 3 N–H and O–H groups in total. The van der Waals surface area contributed by atoms with Gasteiger partial charge in [-0.25, -0.2) is 4.79 Å². The molecule has 2 fully saturated rings. The highest BCUT2D eigenvalue weighted by atomic mass is 16.5. The van der Waals surface area contributed by atoms with Crippen LogP contribution in [-0.4, -0.2) is 39.6 Å². The van der Waals surface area contributed by atoms with Gasteiger partial charge in [-0.15, -0.1) is 0 Å². The first-order valence-corrected chi connectivity index (χ1v) is 16.5. The van der Waals surface area contributed by atoms with Gasteiger partial charge < -0.3 is 25.0 Å². The molecule has 2 saturated carbocycles. The van der Waals surface area contributed by atoms with E-state index in [2.05, 4.69) is 45.5 Å². The predicted molar refractivity (Wildman–Crippen MR) is 179 cm³/mol. The van der Waals surface area contributed by atoms with Crippen molar-refractivity contribution in [2.45, 2.75) is 75.8 Å². The van der Waals surface area contributed by atoms with Crippen LogP contribution in [0.15, 0.2) is 72.8 Å². The first-order chi connectivity index (χ1) is 22.4. The number of aromatic nitrogens is 1. The van der Waals surface area contributed by atoms with Crippen molar-refractivity contribution in [3.8, 4) is 17.0 Å². The van der Waals surface area contributed by atoms with Gasteiger partial charge in [-0.2, -0.15) is 0 Å². The number of carboxylic acid groups (broad SMARTS) is 1. The molecule has 0 bridgehead atoms. The van der Waals surface area contributed by atoms with Crippen LogP contribution >= 0.6 is 0 Å². The topological polar surface area (TPSA) is 110 Å². The number of amides is 2. The van der Waals surface area contributed by atoms with Crippen LogP contribution in [0.25, 0.3) is 28.2 Å². The van der Waals surface area contributed by atoms with E-state index in [0.717, 1.165) is 42.7 Å². The Bertz CT molecular complexity index is 1810. The molecule has 0 unspecified atom stereocenters. The lowest BCUT2D eigenvalue weighted by Crippen LogP contribution is -2.55. The summed E-state index contributed by atoms with van der Waals surface area (Å²) in [6, 6.07) is 21.5. The zero-order valence-corrected chi connectivity index (χ0v) is 25.9. The second kappa shape index (κ2) is 12.5. The fourth-order valence-electron chi connectivity index (χ4n) is 7.71. The molecule has 0 saturated heterocycles. The number of hydrogen-bond acceptors (Lipinski definition) is 4. The zero-order valence-electron chi connectivity index (χ0n) is 25.9. The maximum atomic E-state index is 14.1. The fourth-order valence-corrected chi connectivity index (χ4v) is 7.71. The normalized spacial score (nSPS) is 17.6. The van der Waals surface area contributed by atoms with Crippen LogP contribution in [0.2, 0.25) is 0 Å². The van der Waals surface area contributed by atoms with Crippen molar-refractivity contribution in [3.63, 3.8) is 0 Å². The standard InChI is InChI=1S/C38H39N3O5/c42-31(43)20-15-25-13-16-28(17-14-25)39-37(45)38(21-7-8-22-38)40-36(44)30-19-18-29-32(26-9-3-1-4-10-26)33(27-11-5-2-6-12-27)41-23-24-46-35(30)34(29)41/h2,5-6,11-20,26H,1,3-4,7-10,21-24H2,(H,39,45)(H,40,44)(H,42,43). The zero-order chi connectivity index (χ0) is 31.7. The first-order valence-electron chi connectivity index (χ1n) is 16.5. The molecule has 46 heavy (non-hydrogen) atoms. The molecule has 2 aliphatic carbocycles. The number of hydrogen-bond donors (Lipinski definition) is 3. The summed E-state index contributed by atoms with van der Waals surface area (Å²) < 4.78 is 8.67. The van der Waals surface area contributed by atoms with Crippen LogP contribution in [0.4, 0.5) is 5.69 Å². The lowest BCUT2D eigenvalue weighted by atomic mass is 9.81. The monoisotopic (exact) mass is 617 g/mol. The van der Waals surface area contributed by atoms with Crippen LogP contribution in [0.1, 0.15) is 85.2 Å². The lowest BCUT2D eigenvalue weighted by Gasteiger charge is -2.30. The van der Waals surface area contributed by atoms with Gasteiger partial charge in [0.2, 0.25) is 5.91 Å². The van der Waals surface area contributed by atoms with Crippen LogP contribution < -0.4 is 15.4 Å². The summed E-state index contributed by atoms with van der Waals surface area (Å²) in [5, 5.41) is 16.2. The molecule has 0 atom stereocenters. The molecule has 7 rings (SSSR count). The van der Waals surface area contributed by atoms with E-state index < -0.39 is 11.5 Å². The van der Waals surface area contributed by atoms with Gasteiger partial charge in [0.25, 0.3) is 5.91 Å². The minimum absolute atomic E-state index is 0.253. The Labute approximate surface area is 268 Å². The number of carboxylic acids is 1. The predicted octanol–water partition coefficient (Wildman–Crippen LogP) is 7.53. The van der Waals surface area contributed by atoms with Crippen molar-refractivity contribution in [1.82, 2.24) is 9.88 Å². The van der Waals surface area contributed by atoms with Crippen LogP contribution in [0.5, 0.6) is 5.75 Å². The molecule has 1 aromatic heterocycles. The summed E-state index contributed by atoms with van der Waals surface area (Å²) in [4.78, 5) is 38.7. The minimum atomic E-state index is -1.04. The highest BCUT2D eigenvalue weighted by Gasteiger charge is 2.43. The Balaban J connectivity index is 1.21. The van der Waals surface area contributed by atoms with Gasteiger partial charge in [-0.3, -0.25) is 9.59 Å². The smallest absolute Gasteiger partial charge is 0.328 e. The van der Waals surface area contributed by atoms with E-state index in [-0.39, 0.29) is 11.8 Å². The number of nitrogens with one attached hydrogen (secondary N) is 2. The second-order valence-electron chi connectivity index (χ2n) is 12.8. The summed E-state index contributed by atoms with van der Waals surface area (Å²) in [5.74, 6) is -0.523. The third-order valence-electron chi connectivity index (χ3n) is 9.91. The number of carbonyl (C=O) groups excluding carboxylic acids is 2. The number of ether oxygens (including phenoxy) is 1. The average Bonchev–Trinajstić information content (AvgIpc) is 3.70. The molecule has 3 aliphatic rings. The molecule has 236 valence electrons. The van der Waals surface area contributed by atoms with Gasteiger partial charge in [0, 0.05) is 17.1 Å². The van der Waals surface area contributed by atoms with E-state index in [1.165, 1.54) is 42.2 Å². The van der Waals surface area contributed by atoms with Gasteiger partial charge in [-0.1, -0.05) is 80.6 Å². The van der Waals surface area contributed by atoms with Crippen molar-refractivity contribution in [3.05, 3.63) is 89.5 Å². The number of rotatable bonds is 8.